The van der Waals surface area contributed by atoms with E-state index in [0.717, 1.165) is 16.7 Å². The molecular weight excluding hydrogens is 336 g/mol. The lowest BCUT2D eigenvalue weighted by molar-refractivity contribution is 0.665. The average molecular weight is 352 g/mol. The Labute approximate surface area is 155 Å². The van der Waals surface area contributed by atoms with Crippen molar-refractivity contribution in [3.63, 3.8) is 0 Å². The molecule has 5 aromatic rings. The number of thiophene rings is 1. The minimum atomic E-state index is -0.0697. The third kappa shape index (κ3) is 1.66. The van der Waals surface area contributed by atoms with Gasteiger partial charge in [-0.25, -0.2) is 4.98 Å². The molecule has 0 spiro atoms. The summed E-state index contributed by atoms with van der Waals surface area (Å²) in [6, 6.07) is 19.4. The highest BCUT2D eigenvalue weighted by Gasteiger charge is 2.38. The normalized spacial score (nSPS) is 14.8. The van der Waals surface area contributed by atoms with Gasteiger partial charge in [0.25, 0.3) is 0 Å². The molecule has 0 fully saturated rings. The maximum absolute atomic E-state index is 5.06. The van der Waals surface area contributed by atoms with Crippen molar-refractivity contribution in [2.24, 2.45) is 0 Å². The smallest absolute Gasteiger partial charge is 0.0899 e. The van der Waals surface area contributed by atoms with Gasteiger partial charge < -0.3 is 0 Å². The fourth-order valence-corrected chi connectivity index (χ4v) is 5.59. The summed E-state index contributed by atoms with van der Waals surface area (Å²) >= 11 is 1.84. The first-order chi connectivity index (χ1) is 12.6. The van der Waals surface area contributed by atoms with Crippen molar-refractivity contribution in [1.29, 1.82) is 0 Å². The predicted molar refractivity (Wildman–Crippen MR) is 110 cm³/mol. The number of para-hydroxylation sites is 1. The van der Waals surface area contributed by atoms with E-state index in [4.69, 9.17) is 9.97 Å². The molecule has 3 aromatic heterocycles. The molecule has 0 aliphatic heterocycles. The molecular formula is C23H16N2S. The zero-order valence-electron chi connectivity index (χ0n) is 14.6. The topological polar surface area (TPSA) is 25.8 Å². The second kappa shape index (κ2) is 4.68. The van der Waals surface area contributed by atoms with Crippen LogP contribution >= 0.6 is 11.3 Å². The number of rotatable bonds is 0. The SMILES string of the molecule is CC1(C)c2cccnc2-c2ccc3sc4cc5ccccc5nc4c3c21. The molecule has 2 nitrogen and oxygen atoms in total. The summed E-state index contributed by atoms with van der Waals surface area (Å²) in [7, 11) is 0. The number of hydrogen-bond acceptors (Lipinski definition) is 3. The summed E-state index contributed by atoms with van der Waals surface area (Å²) in [6.07, 6.45) is 1.89. The molecule has 0 bridgehead atoms. The fraction of sp³-hybridized carbons (Fsp3) is 0.130. The third-order valence-corrected chi connectivity index (χ3v) is 6.77. The van der Waals surface area contributed by atoms with Crippen LogP contribution in [0.1, 0.15) is 25.0 Å². The van der Waals surface area contributed by atoms with Gasteiger partial charge in [-0.2, -0.15) is 0 Å². The number of nitrogens with zero attached hydrogens (tertiary/aromatic N) is 2. The van der Waals surface area contributed by atoms with E-state index in [2.05, 4.69) is 62.4 Å². The van der Waals surface area contributed by atoms with Crippen LogP contribution in [-0.4, -0.2) is 9.97 Å². The summed E-state index contributed by atoms with van der Waals surface area (Å²) < 4.78 is 2.56. The lowest BCUT2D eigenvalue weighted by Crippen LogP contribution is -2.15. The summed E-state index contributed by atoms with van der Waals surface area (Å²) in [6.45, 7) is 4.62. The van der Waals surface area contributed by atoms with E-state index < -0.39 is 0 Å². The van der Waals surface area contributed by atoms with Crippen LogP contribution in [0.5, 0.6) is 0 Å². The molecule has 0 saturated heterocycles. The summed E-state index contributed by atoms with van der Waals surface area (Å²) in [5.74, 6) is 0. The van der Waals surface area contributed by atoms with Crippen LogP contribution in [0.3, 0.4) is 0 Å². The van der Waals surface area contributed by atoms with Crippen LogP contribution in [0.15, 0.2) is 60.8 Å². The van der Waals surface area contributed by atoms with Gasteiger partial charge in [-0.15, -0.1) is 11.3 Å². The van der Waals surface area contributed by atoms with Gasteiger partial charge in [0, 0.05) is 32.6 Å². The van der Waals surface area contributed by atoms with Gasteiger partial charge in [0.05, 0.1) is 21.4 Å². The average Bonchev–Trinajstić information content (AvgIpc) is 3.12. The van der Waals surface area contributed by atoms with Crippen LogP contribution in [0.4, 0.5) is 0 Å². The van der Waals surface area contributed by atoms with Crippen molar-refractivity contribution >= 4 is 42.5 Å². The molecule has 1 aliphatic rings. The zero-order chi connectivity index (χ0) is 17.5. The number of fused-ring (bicyclic) bond motifs is 8. The van der Waals surface area contributed by atoms with Crippen molar-refractivity contribution in [2.45, 2.75) is 19.3 Å². The van der Waals surface area contributed by atoms with Gasteiger partial charge in [-0.05, 0) is 35.4 Å². The Morgan fingerprint density at radius 1 is 0.923 bits per heavy atom. The summed E-state index contributed by atoms with van der Waals surface area (Å²) in [5.41, 5.74) is 7.17. The Morgan fingerprint density at radius 2 is 1.81 bits per heavy atom. The van der Waals surface area contributed by atoms with Crippen molar-refractivity contribution in [1.82, 2.24) is 9.97 Å². The van der Waals surface area contributed by atoms with Crippen LogP contribution in [0, 0.1) is 0 Å². The maximum Gasteiger partial charge on any atom is 0.0899 e. The molecule has 1 aliphatic carbocycles. The maximum atomic E-state index is 5.06. The molecule has 3 heteroatoms. The Morgan fingerprint density at radius 3 is 2.73 bits per heavy atom. The Kier molecular flexibility index (Phi) is 2.59. The van der Waals surface area contributed by atoms with E-state index in [0.29, 0.717) is 0 Å². The zero-order valence-corrected chi connectivity index (χ0v) is 15.4. The fourth-order valence-electron chi connectivity index (χ4n) is 4.48. The minimum Gasteiger partial charge on any atom is -0.256 e. The number of aromatic nitrogens is 2. The lowest BCUT2D eigenvalue weighted by Gasteiger charge is -2.22. The van der Waals surface area contributed by atoms with Gasteiger partial charge in [0.1, 0.15) is 0 Å². The first-order valence-corrected chi connectivity index (χ1v) is 9.67. The van der Waals surface area contributed by atoms with Crippen LogP contribution in [-0.2, 0) is 5.41 Å². The highest BCUT2D eigenvalue weighted by molar-refractivity contribution is 7.25. The Hall–Kier alpha value is -2.78. The van der Waals surface area contributed by atoms with Gasteiger partial charge in [-0.1, -0.05) is 44.2 Å². The lowest BCUT2D eigenvalue weighted by atomic mass is 9.81. The van der Waals surface area contributed by atoms with E-state index in [1.165, 1.54) is 36.9 Å². The van der Waals surface area contributed by atoms with Gasteiger partial charge in [-0.3, -0.25) is 4.98 Å². The monoisotopic (exact) mass is 352 g/mol. The van der Waals surface area contributed by atoms with Gasteiger partial charge in [0.15, 0.2) is 0 Å². The number of benzene rings is 2. The van der Waals surface area contributed by atoms with E-state index in [1.807, 2.05) is 23.6 Å². The molecule has 124 valence electrons. The van der Waals surface area contributed by atoms with E-state index >= 15 is 0 Å². The van der Waals surface area contributed by atoms with Crippen LogP contribution in [0.2, 0.25) is 0 Å². The van der Waals surface area contributed by atoms with E-state index in [1.54, 1.807) is 0 Å². The molecule has 0 amide bonds. The van der Waals surface area contributed by atoms with Crippen LogP contribution < -0.4 is 0 Å². The van der Waals surface area contributed by atoms with Crippen molar-refractivity contribution < 1.29 is 0 Å². The number of pyridine rings is 2. The largest absolute Gasteiger partial charge is 0.256 e. The Bertz CT molecular complexity index is 1360. The predicted octanol–water partition coefficient (Wildman–Crippen LogP) is 6.30. The van der Waals surface area contributed by atoms with Crippen molar-refractivity contribution in [3.05, 3.63) is 71.9 Å². The number of hydrogen-bond donors (Lipinski definition) is 0. The third-order valence-electron chi connectivity index (χ3n) is 5.67. The van der Waals surface area contributed by atoms with Crippen molar-refractivity contribution in [3.8, 4) is 11.3 Å². The van der Waals surface area contributed by atoms with E-state index in [-0.39, 0.29) is 5.41 Å². The molecule has 6 rings (SSSR count). The quantitative estimate of drug-likeness (QED) is 0.327. The van der Waals surface area contributed by atoms with Crippen LogP contribution in [0.25, 0.3) is 42.5 Å². The van der Waals surface area contributed by atoms with Crippen molar-refractivity contribution in [2.75, 3.05) is 0 Å². The first-order valence-electron chi connectivity index (χ1n) is 8.86. The van der Waals surface area contributed by atoms with E-state index in [9.17, 15) is 0 Å². The molecule has 3 heterocycles. The standard InChI is InChI=1S/C23H16N2S/c1-23(2)15-7-5-11-24-21(15)14-9-10-17-19(20(14)23)22-18(26-17)12-13-6-3-4-8-16(13)25-22/h3-12H,1-2H3. The summed E-state index contributed by atoms with van der Waals surface area (Å²) in [5, 5.41) is 2.50. The highest BCUT2D eigenvalue weighted by atomic mass is 32.1. The molecule has 2 aromatic carbocycles. The molecule has 0 saturated carbocycles. The summed E-state index contributed by atoms with van der Waals surface area (Å²) in [4.78, 5) is 9.76. The molecule has 0 radical (unpaired) electrons. The first kappa shape index (κ1) is 14.4. The second-order valence-electron chi connectivity index (χ2n) is 7.52. The molecule has 0 N–H and O–H groups in total. The second-order valence-corrected chi connectivity index (χ2v) is 8.60. The van der Waals surface area contributed by atoms with Gasteiger partial charge in [0.2, 0.25) is 0 Å². The minimum absolute atomic E-state index is 0.0697. The molecule has 0 atom stereocenters. The Balaban J connectivity index is 1.83. The highest BCUT2D eigenvalue weighted by Crippen LogP contribution is 2.52. The molecule has 26 heavy (non-hydrogen) atoms. The molecule has 0 unspecified atom stereocenters. The van der Waals surface area contributed by atoms with Gasteiger partial charge >= 0.3 is 0 Å².